The third-order valence-electron chi connectivity index (χ3n) is 3.69. The van der Waals surface area contributed by atoms with Crippen molar-refractivity contribution in [3.63, 3.8) is 0 Å². The molecule has 2 rings (SSSR count). The smallest absolute Gasteiger partial charge is 0.310 e. The van der Waals surface area contributed by atoms with E-state index in [1.807, 2.05) is 6.92 Å². The second-order valence-corrected chi connectivity index (χ2v) is 4.79. The first-order valence-electron chi connectivity index (χ1n) is 6.25. The molecule has 0 spiro atoms. The number of ether oxygens (including phenoxy) is 1. The Kier molecular flexibility index (Phi) is 3.50. The van der Waals surface area contributed by atoms with Crippen molar-refractivity contribution in [2.45, 2.75) is 52.0 Å². The van der Waals surface area contributed by atoms with E-state index in [2.05, 4.69) is 16.7 Å². The Bertz CT molecular complexity index is 417. The minimum absolute atomic E-state index is 0.192. The van der Waals surface area contributed by atoms with Crippen LogP contribution in [0.3, 0.4) is 0 Å². The largest absolute Gasteiger partial charge is 0.469 e. The number of aryl methyl sites for hydroxylation is 1. The van der Waals surface area contributed by atoms with Crippen LogP contribution in [0.5, 0.6) is 0 Å². The van der Waals surface area contributed by atoms with E-state index in [0.717, 1.165) is 17.0 Å². The van der Waals surface area contributed by atoms with E-state index in [9.17, 15) is 4.79 Å². The number of esters is 1. The van der Waals surface area contributed by atoms with Crippen molar-refractivity contribution in [3.05, 3.63) is 17.0 Å². The quantitative estimate of drug-likeness (QED) is 0.756. The predicted molar refractivity (Wildman–Crippen MR) is 64.9 cm³/mol. The van der Waals surface area contributed by atoms with Gasteiger partial charge < -0.3 is 4.74 Å². The van der Waals surface area contributed by atoms with Crippen LogP contribution in [0.1, 0.15) is 48.7 Å². The second-order valence-electron chi connectivity index (χ2n) is 4.79. The molecule has 0 radical (unpaired) electrons. The molecule has 1 saturated carbocycles. The number of aromatic nitrogens is 2. The monoisotopic (exact) mass is 236 g/mol. The Morgan fingerprint density at radius 1 is 1.41 bits per heavy atom. The first-order chi connectivity index (χ1) is 8.13. The summed E-state index contributed by atoms with van der Waals surface area (Å²) in [4.78, 5) is 11.4. The summed E-state index contributed by atoms with van der Waals surface area (Å²) < 4.78 is 6.83. The van der Waals surface area contributed by atoms with Gasteiger partial charge in [0.2, 0.25) is 0 Å². The third kappa shape index (κ3) is 2.35. The van der Waals surface area contributed by atoms with Crippen LogP contribution in [-0.4, -0.2) is 22.9 Å². The summed E-state index contributed by atoms with van der Waals surface area (Å²) in [7, 11) is 1.42. The van der Waals surface area contributed by atoms with Crippen molar-refractivity contribution in [2.24, 2.45) is 0 Å². The Labute approximate surface area is 102 Å². The first kappa shape index (κ1) is 12.1. The Morgan fingerprint density at radius 3 is 2.65 bits per heavy atom. The molecule has 4 heteroatoms. The summed E-state index contributed by atoms with van der Waals surface area (Å²) in [5.74, 6) is -0.192. The average Bonchev–Trinajstić information content (AvgIpc) is 2.92. The number of hydrogen-bond acceptors (Lipinski definition) is 3. The maximum atomic E-state index is 11.4. The SMILES string of the molecule is COC(=O)Cc1c(C)nn(C2CCCC2)c1C. The number of nitrogens with zero attached hydrogens (tertiary/aromatic N) is 2. The first-order valence-corrected chi connectivity index (χ1v) is 6.25. The van der Waals surface area contributed by atoms with Crippen molar-refractivity contribution in [1.29, 1.82) is 0 Å². The molecule has 1 aliphatic carbocycles. The molecule has 94 valence electrons. The van der Waals surface area contributed by atoms with Crippen LogP contribution in [-0.2, 0) is 16.0 Å². The zero-order valence-electron chi connectivity index (χ0n) is 10.8. The molecule has 4 nitrogen and oxygen atoms in total. The molecule has 0 bridgehead atoms. The van der Waals surface area contributed by atoms with Gasteiger partial charge in [-0.05, 0) is 26.7 Å². The van der Waals surface area contributed by atoms with Crippen molar-refractivity contribution in [1.82, 2.24) is 9.78 Å². The van der Waals surface area contributed by atoms with Gasteiger partial charge in [-0.15, -0.1) is 0 Å². The average molecular weight is 236 g/mol. The van der Waals surface area contributed by atoms with Crippen molar-refractivity contribution < 1.29 is 9.53 Å². The van der Waals surface area contributed by atoms with Crippen LogP contribution in [0.2, 0.25) is 0 Å². The molecule has 1 aromatic heterocycles. The molecule has 0 atom stereocenters. The highest BCUT2D eigenvalue weighted by Gasteiger charge is 2.22. The molecule has 0 aromatic carbocycles. The van der Waals surface area contributed by atoms with Gasteiger partial charge in [-0.2, -0.15) is 5.10 Å². The van der Waals surface area contributed by atoms with E-state index in [4.69, 9.17) is 4.74 Å². The van der Waals surface area contributed by atoms with E-state index >= 15 is 0 Å². The molecule has 1 aromatic rings. The zero-order valence-corrected chi connectivity index (χ0v) is 10.8. The van der Waals surface area contributed by atoms with Gasteiger partial charge in [-0.3, -0.25) is 9.48 Å². The van der Waals surface area contributed by atoms with E-state index in [-0.39, 0.29) is 5.97 Å². The van der Waals surface area contributed by atoms with Gasteiger partial charge in [0.05, 0.1) is 25.3 Å². The van der Waals surface area contributed by atoms with E-state index in [1.165, 1.54) is 32.8 Å². The lowest BCUT2D eigenvalue weighted by atomic mass is 10.1. The number of carbonyl (C=O) groups is 1. The van der Waals surface area contributed by atoms with Crippen LogP contribution < -0.4 is 0 Å². The topological polar surface area (TPSA) is 44.1 Å². The van der Waals surface area contributed by atoms with E-state index in [0.29, 0.717) is 12.5 Å². The molecule has 1 aliphatic rings. The van der Waals surface area contributed by atoms with Crippen molar-refractivity contribution >= 4 is 5.97 Å². The van der Waals surface area contributed by atoms with Crippen LogP contribution >= 0.6 is 0 Å². The number of hydrogen-bond donors (Lipinski definition) is 0. The van der Waals surface area contributed by atoms with Gasteiger partial charge in [0.1, 0.15) is 0 Å². The highest BCUT2D eigenvalue weighted by Crippen LogP contribution is 2.31. The molecule has 1 heterocycles. The number of methoxy groups -OCH3 is 1. The van der Waals surface area contributed by atoms with Gasteiger partial charge in [0, 0.05) is 11.3 Å². The summed E-state index contributed by atoms with van der Waals surface area (Å²) in [6, 6.07) is 0.528. The minimum Gasteiger partial charge on any atom is -0.469 e. The Balaban J connectivity index is 2.24. The third-order valence-corrected chi connectivity index (χ3v) is 3.69. The van der Waals surface area contributed by atoms with Gasteiger partial charge in [-0.25, -0.2) is 0 Å². The number of rotatable bonds is 3. The van der Waals surface area contributed by atoms with Gasteiger partial charge >= 0.3 is 5.97 Å². The maximum absolute atomic E-state index is 11.4. The molecule has 0 aliphatic heterocycles. The molecule has 0 amide bonds. The van der Waals surface area contributed by atoms with Crippen molar-refractivity contribution in [3.8, 4) is 0 Å². The fourth-order valence-corrected chi connectivity index (χ4v) is 2.67. The lowest BCUT2D eigenvalue weighted by molar-refractivity contribution is -0.139. The van der Waals surface area contributed by atoms with Crippen molar-refractivity contribution in [2.75, 3.05) is 7.11 Å². The highest BCUT2D eigenvalue weighted by molar-refractivity contribution is 5.73. The predicted octanol–water partition coefficient (Wildman–Crippen LogP) is 2.33. The second kappa shape index (κ2) is 4.90. The minimum atomic E-state index is -0.192. The van der Waals surface area contributed by atoms with Gasteiger partial charge in [0.15, 0.2) is 0 Å². The van der Waals surface area contributed by atoms with Crippen LogP contribution in [0.4, 0.5) is 0 Å². The fraction of sp³-hybridized carbons (Fsp3) is 0.692. The molecule has 1 fully saturated rings. The molecule has 0 unspecified atom stereocenters. The number of carbonyl (C=O) groups excluding carboxylic acids is 1. The Morgan fingerprint density at radius 2 is 2.06 bits per heavy atom. The summed E-state index contributed by atoms with van der Waals surface area (Å²) >= 11 is 0. The van der Waals surface area contributed by atoms with Gasteiger partial charge in [0.25, 0.3) is 0 Å². The maximum Gasteiger partial charge on any atom is 0.310 e. The normalized spacial score (nSPS) is 16.4. The summed E-state index contributed by atoms with van der Waals surface area (Å²) in [6.45, 7) is 4.02. The molecular weight excluding hydrogens is 216 g/mol. The fourth-order valence-electron chi connectivity index (χ4n) is 2.67. The van der Waals surface area contributed by atoms with Crippen LogP contribution in [0.25, 0.3) is 0 Å². The molecule has 0 N–H and O–H groups in total. The van der Waals surface area contributed by atoms with Crippen LogP contribution in [0, 0.1) is 13.8 Å². The zero-order chi connectivity index (χ0) is 12.4. The van der Waals surface area contributed by atoms with Crippen LogP contribution in [0.15, 0.2) is 0 Å². The molecule has 0 saturated heterocycles. The molecule has 17 heavy (non-hydrogen) atoms. The summed E-state index contributed by atoms with van der Waals surface area (Å²) in [5.41, 5.74) is 3.11. The highest BCUT2D eigenvalue weighted by atomic mass is 16.5. The van der Waals surface area contributed by atoms with E-state index in [1.54, 1.807) is 0 Å². The lowest BCUT2D eigenvalue weighted by Crippen LogP contribution is -2.10. The lowest BCUT2D eigenvalue weighted by Gasteiger charge is -2.12. The van der Waals surface area contributed by atoms with E-state index < -0.39 is 0 Å². The molecular formula is C13H20N2O2. The van der Waals surface area contributed by atoms with Gasteiger partial charge in [-0.1, -0.05) is 12.8 Å². The Hall–Kier alpha value is -1.32. The standard InChI is InChI=1S/C13H20N2O2/c1-9-12(8-13(16)17-3)10(2)15(14-9)11-6-4-5-7-11/h11H,4-8H2,1-3H3. The summed E-state index contributed by atoms with van der Waals surface area (Å²) in [5, 5.41) is 4.59. The summed E-state index contributed by atoms with van der Waals surface area (Å²) in [6.07, 6.45) is 5.32.